The lowest BCUT2D eigenvalue weighted by Crippen LogP contribution is -2.52. The van der Waals surface area contributed by atoms with Crippen LogP contribution >= 0.6 is 0 Å². The van der Waals surface area contributed by atoms with Gasteiger partial charge in [-0.25, -0.2) is 4.79 Å². The van der Waals surface area contributed by atoms with Crippen molar-refractivity contribution < 1.29 is 25.5 Å². The van der Waals surface area contributed by atoms with Crippen LogP contribution in [0.3, 0.4) is 0 Å². The standard InChI is InChI=1S/C16H24N2O4.4H2/c1-10(2)8-13(16(21)22)18-15(20)14(19)12(17)9-11-6-4-3-5-7-11;;;;/h3-7,10,12-14,19H,8-9,17H2,1-2H3,(H,18,20)(H,21,22);4*1H/t12-,13+,14-;;;;/m1..../s1. The number of aliphatic hydroxyl groups excluding tert-OH is 1. The number of carbonyl (C=O) groups is 2. The fraction of sp³-hybridized carbons (Fsp3) is 0.500. The van der Waals surface area contributed by atoms with Crippen molar-refractivity contribution in [3.05, 3.63) is 35.9 Å². The van der Waals surface area contributed by atoms with E-state index in [1.54, 1.807) is 0 Å². The molecular formula is C16H32N2O4. The number of carbonyl (C=O) groups excluding carboxylic acids is 1. The van der Waals surface area contributed by atoms with Gasteiger partial charge in [0.15, 0.2) is 0 Å². The van der Waals surface area contributed by atoms with Crippen molar-refractivity contribution in [2.45, 2.75) is 44.9 Å². The number of hydrogen-bond acceptors (Lipinski definition) is 4. The van der Waals surface area contributed by atoms with Gasteiger partial charge in [0, 0.05) is 11.7 Å². The molecule has 0 bridgehead atoms. The van der Waals surface area contributed by atoms with Crippen molar-refractivity contribution in [3.8, 4) is 0 Å². The maximum absolute atomic E-state index is 12.0. The van der Waals surface area contributed by atoms with E-state index in [1.807, 2.05) is 44.2 Å². The molecule has 22 heavy (non-hydrogen) atoms. The Kier molecular flexibility index (Phi) is 7.01. The highest BCUT2D eigenvalue weighted by atomic mass is 16.4. The molecule has 6 nitrogen and oxygen atoms in total. The zero-order chi connectivity index (χ0) is 16.7. The van der Waals surface area contributed by atoms with E-state index >= 15 is 0 Å². The first-order valence-corrected chi connectivity index (χ1v) is 7.32. The molecule has 6 heteroatoms. The lowest BCUT2D eigenvalue weighted by atomic mass is 10.00. The first-order chi connectivity index (χ1) is 10.3. The SMILES string of the molecule is CC(C)C[C@H](NC(=O)[C@H](O)[C@H](N)Cc1ccccc1)C(=O)O.[HH].[HH].[HH].[HH]. The normalized spacial score (nSPS) is 15.1. The van der Waals surface area contributed by atoms with Crippen molar-refractivity contribution in [2.24, 2.45) is 11.7 Å². The molecule has 0 heterocycles. The number of aliphatic carboxylic acids is 1. The Morgan fingerprint density at radius 3 is 2.36 bits per heavy atom. The van der Waals surface area contributed by atoms with Crippen LogP contribution in [0.1, 0.15) is 31.5 Å². The molecule has 3 atom stereocenters. The van der Waals surface area contributed by atoms with E-state index < -0.39 is 30.1 Å². The predicted molar refractivity (Wildman–Crippen MR) is 91.6 cm³/mol. The first-order valence-electron chi connectivity index (χ1n) is 7.32. The van der Waals surface area contributed by atoms with E-state index in [9.17, 15) is 14.7 Å². The van der Waals surface area contributed by atoms with Gasteiger partial charge in [-0.1, -0.05) is 44.2 Å². The van der Waals surface area contributed by atoms with E-state index in [1.165, 1.54) is 0 Å². The molecule has 0 saturated carbocycles. The lowest BCUT2D eigenvalue weighted by molar-refractivity contribution is -0.144. The number of carboxylic acids is 1. The highest BCUT2D eigenvalue weighted by Crippen LogP contribution is 2.08. The van der Waals surface area contributed by atoms with Crippen molar-refractivity contribution in [1.29, 1.82) is 0 Å². The van der Waals surface area contributed by atoms with Gasteiger partial charge in [-0.15, -0.1) is 0 Å². The Morgan fingerprint density at radius 1 is 1.27 bits per heavy atom. The molecule has 1 aromatic rings. The minimum absolute atomic E-state index is 0. The quantitative estimate of drug-likeness (QED) is 0.581. The van der Waals surface area contributed by atoms with Crippen LogP contribution in [0.5, 0.6) is 0 Å². The highest BCUT2D eigenvalue weighted by molar-refractivity contribution is 5.86. The van der Waals surface area contributed by atoms with Crippen LogP contribution in [0.15, 0.2) is 30.3 Å². The Balaban J connectivity index is -0.000000605. The van der Waals surface area contributed by atoms with E-state index in [-0.39, 0.29) is 11.6 Å². The topological polar surface area (TPSA) is 113 Å². The zero-order valence-corrected chi connectivity index (χ0v) is 12.9. The Morgan fingerprint density at radius 2 is 1.86 bits per heavy atom. The fourth-order valence-corrected chi connectivity index (χ4v) is 2.14. The van der Waals surface area contributed by atoms with Crippen LogP contribution in [0.2, 0.25) is 0 Å². The second-order valence-electron chi connectivity index (χ2n) is 5.83. The molecule has 5 N–H and O–H groups in total. The van der Waals surface area contributed by atoms with Crippen LogP contribution in [-0.4, -0.2) is 40.3 Å². The van der Waals surface area contributed by atoms with Crippen LogP contribution in [-0.2, 0) is 16.0 Å². The molecule has 0 aliphatic heterocycles. The molecule has 0 aliphatic rings. The minimum Gasteiger partial charge on any atom is -0.480 e. The van der Waals surface area contributed by atoms with Gasteiger partial charge in [-0.05, 0) is 24.3 Å². The van der Waals surface area contributed by atoms with Gasteiger partial charge in [0.25, 0.3) is 5.91 Å². The summed E-state index contributed by atoms with van der Waals surface area (Å²) in [5, 5.41) is 21.4. The summed E-state index contributed by atoms with van der Waals surface area (Å²) in [7, 11) is 0. The predicted octanol–water partition coefficient (Wildman–Crippen LogP) is 1.52. The van der Waals surface area contributed by atoms with Crippen LogP contribution < -0.4 is 11.1 Å². The van der Waals surface area contributed by atoms with Gasteiger partial charge >= 0.3 is 5.97 Å². The third-order valence-electron chi connectivity index (χ3n) is 3.31. The largest absolute Gasteiger partial charge is 0.480 e. The molecule has 0 radical (unpaired) electrons. The zero-order valence-electron chi connectivity index (χ0n) is 12.9. The van der Waals surface area contributed by atoms with Gasteiger partial charge in [0.2, 0.25) is 0 Å². The summed E-state index contributed by atoms with van der Waals surface area (Å²) in [5.74, 6) is -1.76. The molecule has 0 aromatic heterocycles. The Labute approximate surface area is 136 Å². The molecule has 0 spiro atoms. The molecule has 130 valence electrons. The number of carboxylic acid groups (broad SMARTS) is 1. The molecular weight excluding hydrogens is 284 g/mol. The smallest absolute Gasteiger partial charge is 0.326 e. The molecule has 0 aliphatic carbocycles. The lowest BCUT2D eigenvalue weighted by Gasteiger charge is -2.22. The Bertz CT molecular complexity index is 506. The van der Waals surface area contributed by atoms with Gasteiger partial charge in [-0.3, -0.25) is 4.79 Å². The van der Waals surface area contributed by atoms with Gasteiger partial charge in [-0.2, -0.15) is 0 Å². The van der Waals surface area contributed by atoms with E-state index in [2.05, 4.69) is 5.32 Å². The summed E-state index contributed by atoms with van der Waals surface area (Å²) < 4.78 is 0. The van der Waals surface area contributed by atoms with Gasteiger partial charge in [0.05, 0.1) is 0 Å². The molecule has 1 amide bonds. The third kappa shape index (κ3) is 5.83. The fourth-order valence-electron chi connectivity index (χ4n) is 2.14. The Hall–Kier alpha value is -1.92. The number of benzene rings is 1. The summed E-state index contributed by atoms with van der Waals surface area (Å²) in [5.41, 5.74) is 6.75. The molecule has 0 fully saturated rings. The van der Waals surface area contributed by atoms with Crippen molar-refractivity contribution in [1.82, 2.24) is 5.32 Å². The number of hydrogen-bond donors (Lipinski definition) is 4. The molecule has 1 aromatic carbocycles. The second kappa shape index (κ2) is 8.51. The van der Waals surface area contributed by atoms with Crippen molar-refractivity contribution in [2.75, 3.05) is 0 Å². The maximum Gasteiger partial charge on any atom is 0.326 e. The molecule has 0 saturated heterocycles. The first kappa shape index (κ1) is 18.1. The minimum atomic E-state index is -1.45. The number of nitrogens with one attached hydrogen (secondary N) is 1. The van der Waals surface area contributed by atoms with E-state index in [0.29, 0.717) is 12.8 Å². The summed E-state index contributed by atoms with van der Waals surface area (Å²) in [6, 6.07) is 7.44. The van der Waals surface area contributed by atoms with Crippen molar-refractivity contribution >= 4 is 11.9 Å². The number of aliphatic hydroxyl groups is 1. The van der Waals surface area contributed by atoms with E-state index in [0.717, 1.165) is 5.56 Å². The third-order valence-corrected chi connectivity index (χ3v) is 3.31. The van der Waals surface area contributed by atoms with Crippen LogP contribution in [0.4, 0.5) is 0 Å². The number of amides is 1. The second-order valence-corrected chi connectivity index (χ2v) is 5.83. The number of rotatable bonds is 8. The summed E-state index contributed by atoms with van der Waals surface area (Å²) in [6.07, 6.45) is -0.826. The monoisotopic (exact) mass is 316 g/mol. The highest BCUT2D eigenvalue weighted by Gasteiger charge is 2.28. The maximum atomic E-state index is 12.0. The average molecular weight is 316 g/mol. The summed E-state index contributed by atoms with van der Waals surface area (Å²) in [6.45, 7) is 3.72. The molecule has 1 rings (SSSR count). The van der Waals surface area contributed by atoms with Crippen molar-refractivity contribution in [3.63, 3.8) is 0 Å². The van der Waals surface area contributed by atoms with Crippen LogP contribution in [0.25, 0.3) is 0 Å². The summed E-state index contributed by atoms with van der Waals surface area (Å²) in [4.78, 5) is 23.1. The van der Waals surface area contributed by atoms with Gasteiger partial charge in [0.1, 0.15) is 12.1 Å². The number of nitrogens with two attached hydrogens (primary N) is 1. The average Bonchev–Trinajstić information content (AvgIpc) is 2.46. The molecule has 0 unspecified atom stereocenters. The van der Waals surface area contributed by atoms with Gasteiger partial charge < -0.3 is 21.3 Å². The van der Waals surface area contributed by atoms with E-state index in [4.69, 9.17) is 10.8 Å². The summed E-state index contributed by atoms with van der Waals surface area (Å²) >= 11 is 0. The van der Waals surface area contributed by atoms with Crippen LogP contribution in [0, 0.1) is 5.92 Å².